The Morgan fingerprint density at radius 1 is 1.54 bits per heavy atom. The third-order valence-electron chi connectivity index (χ3n) is 1.64. The molecule has 7 heteroatoms. The quantitative estimate of drug-likeness (QED) is 0.510. The molecule has 0 aromatic carbocycles. The number of nitrogens with zero attached hydrogens (tertiary/aromatic N) is 5. The monoisotopic (exact) mass is 261 g/mol. The highest BCUT2D eigenvalue weighted by Crippen LogP contribution is 2.02. The summed E-state index contributed by atoms with van der Waals surface area (Å²) in [5, 5.41) is 10.6. The van der Waals surface area contributed by atoms with Crippen LogP contribution in [0.5, 0.6) is 0 Å². The van der Waals surface area contributed by atoms with Gasteiger partial charge in [0.2, 0.25) is 5.82 Å². The number of thiazole rings is 1. The van der Waals surface area contributed by atoms with Crippen molar-refractivity contribution in [2.75, 3.05) is 0 Å². The number of hydrogen-bond donors (Lipinski definition) is 0. The summed E-state index contributed by atoms with van der Waals surface area (Å²) in [6.07, 6.45) is 1.75. The van der Waals surface area contributed by atoms with Gasteiger partial charge in [-0.05, 0) is 0 Å². The third kappa shape index (κ3) is 1.75. The Morgan fingerprint density at radius 2 is 2.31 bits per heavy atom. The van der Waals surface area contributed by atoms with Crippen LogP contribution in [-0.4, -0.2) is 20.1 Å². The first-order valence-electron chi connectivity index (χ1n) is 3.47. The van der Waals surface area contributed by atoms with Crippen LogP contribution in [0.3, 0.4) is 0 Å². The molecule has 0 aliphatic heterocycles. The second kappa shape index (κ2) is 3.93. The van der Waals surface area contributed by atoms with Crippen LogP contribution in [0.4, 0.5) is 0 Å². The molecule has 0 saturated carbocycles. The smallest absolute Gasteiger partial charge is 0.314 e. The number of aromatic nitrogens is 5. The molecule has 2 aromatic heterocycles. The minimum absolute atomic E-state index is 0. The van der Waals surface area contributed by atoms with Crippen LogP contribution in [0.25, 0.3) is 5.13 Å². The van der Waals surface area contributed by atoms with E-state index in [1.165, 1.54) is 11.3 Å². The highest BCUT2D eigenvalue weighted by atomic mass is 79.9. The lowest BCUT2D eigenvalue weighted by atomic mass is 10.7. The van der Waals surface area contributed by atoms with Gasteiger partial charge in [0.05, 0.1) is 18.5 Å². The highest BCUT2D eigenvalue weighted by Gasteiger charge is 2.14. The Morgan fingerprint density at radius 3 is 2.77 bits per heavy atom. The molecule has 0 aliphatic rings. The van der Waals surface area contributed by atoms with E-state index >= 15 is 0 Å². The van der Waals surface area contributed by atoms with Gasteiger partial charge in [0.25, 0.3) is 0 Å². The van der Waals surface area contributed by atoms with Gasteiger partial charge in [-0.25, -0.2) is 0 Å². The van der Waals surface area contributed by atoms with E-state index in [4.69, 9.17) is 0 Å². The van der Waals surface area contributed by atoms with Crippen LogP contribution in [0.15, 0.2) is 11.6 Å². The maximum absolute atomic E-state index is 4.13. The van der Waals surface area contributed by atoms with Crippen molar-refractivity contribution in [3.63, 3.8) is 0 Å². The predicted octanol–water partition coefficient (Wildman–Crippen LogP) is -3.14. The average molecular weight is 262 g/mol. The molecule has 2 heterocycles. The molecule has 0 bridgehead atoms. The van der Waals surface area contributed by atoms with Crippen molar-refractivity contribution in [3.05, 3.63) is 17.4 Å². The second-order valence-electron chi connectivity index (χ2n) is 2.38. The van der Waals surface area contributed by atoms with E-state index in [9.17, 15) is 0 Å². The van der Waals surface area contributed by atoms with Crippen molar-refractivity contribution in [2.45, 2.75) is 6.92 Å². The standard InChI is InChI=1S/C6H8N5S.BrH/c1-5-10(2)8-9-11(5)6-7-3-4-12-6;/h3-4H,1-2H3;1H/q+1;/p-1. The fourth-order valence-corrected chi connectivity index (χ4v) is 1.50. The summed E-state index contributed by atoms with van der Waals surface area (Å²) in [5.74, 6) is 0.963. The summed E-state index contributed by atoms with van der Waals surface area (Å²) in [6, 6.07) is 0. The number of halogens is 1. The van der Waals surface area contributed by atoms with Crippen molar-refractivity contribution in [3.8, 4) is 5.13 Å². The van der Waals surface area contributed by atoms with Gasteiger partial charge >= 0.3 is 5.13 Å². The summed E-state index contributed by atoms with van der Waals surface area (Å²) in [6.45, 7) is 1.95. The summed E-state index contributed by atoms with van der Waals surface area (Å²) in [7, 11) is 1.85. The second-order valence-corrected chi connectivity index (χ2v) is 3.25. The summed E-state index contributed by atoms with van der Waals surface area (Å²) in [4.78, 5) is 4.13. The van der Waals surface area contributed by atoms with Crippen LogP contribution < -0.4 is 21.7 Å². The molecular formula is C6H8BrN5S. The van der Waals surface area contributed by atoms with Gasteiger partial charge in [-0.1, -0.05) is 16.0 Å². The number of hydrogen-bond acceptors (Lipinski definition) is 4. The summed E-state index contributed by atoms with van der Waals surface area (Å²) in [5.41, 5.74) is 0. The van der Waals surface area contributed by atoms with Gasteiger partial charge < -0.3 is 17.0 Å². The lowest BCUT2D eigenvalue weighted by molar-refractivity contribution is -0.666. The van der Waals surface area contributed by atoms with Crippen molar-refractivity contribution in [1.29, 1.82) is 0 Å². The molecule has 2 aromatic rings. The molecule has 0 fully saturated rings. The largest absolute Gasteiger partial charge is 1.00 e. The van der Waals surface area contributed by atoms with E-state index in [1.54, 1.807) is 15.6 Å². The molecule has 2 rings (SSSR count). The van der Waals surface area contributed by atoms with E-state index in [-0.39, 0.29) is 17.0 Å². The molecule has 0 saturated heterocycles. The van der Waals surface area contributed by atoms with E-state index < -0.39 is 0 Å². The third-order valence-corrected chi connectivity index (χ3v) is 2.39. The fraction of sp³-hybridized carbons (Fsp3) is 0.333. The lowest BCUT2D eigenvalue weighted by Gasteiger charge is -1.86. The minimum atomic E-state index is 0. The van der Waals surface area contributed by atoms with E-state index in [1.807, 2.05) is 19.4 Å². The molecule has 0 atom stereocenters. The average Bonchev–Trinajstić information content (AvgIpc) is 2.64. The topological polar surface area (TPSA) is 47.5 Å². The Balaban J connectivity index is 0.000000845. The zero-order chi connectivity index (χ0) is 8.55. The van der Waals surface area contributed by atoms with E-state index in [0.29, 0.717) is 0 Å². The molecule has 13 heavy (non-hydrogen) atoms. The molecule has 0 N–H and O–H groups in total. The number of tetrazole rings is 1. The molecule has 0 radical (unpaired) electrons. The van der Waals surface area contributed by atoms with Crippen LogP contribution >= 0.6 is 11.3 Å². The molecule has 5 nitrogen and oxygen atoms in total. The van der Waals surface area contributed by atoms with Crippen molar-refractivity contribution >= 4 is 11.3 Å². The first-order chi connectivity index (χ1) is 5.79. The summed E-state index contributed by atoms with van der Waals surface area (Å²) < 4.78 is 3.42. The molecule has 0 aliphatic carbocycles. The Bertz CT molecular complexity index is 382. The van der Waals surface area contributed by atoms with Crippen molar-refractivity contribution in [2.24, 2.45) is 7.05 Å². The highest BCUT2D eigenvalue weighted by molar-refractivity contribution is 7.11. The van der Waals surface area contributed by atoms with E-state index in [2.05, 4.69) is 15.4 Å². The first kappa shape index (κ1) is 10.3. The predicted molar refractivity (Wildman–Crippen MR) is 42.9 cm³/mol. The van der Waals surface area contributed by atoms with Gasteiger partial charge in [-0.15, -0.1) is 9.67 Å². The minimum Gasteiger partial charge on any atom is -1.00 e. The van der Waals surface area contributed by atoms with Gasteiger partial charge in [-0.2, -0.15) is 0 Å². The van der Waals surface area contributed by atoms with Crippen LogP contribution in [-0.2, 0) is 7.05 Å². The zero-order valence-corrected chi connectivity index (χ0v) is 9.58. The molecular weight excluding hydrogens is 254 g/mol. The van der Waals surface area contributed by atoms with Gasteiger partial charge in [-0.3, -0.25) is 0 Å². The Kier molecular flexibility index (Phi) is 3.10. The molecule has 0 unspecified atom stereocenters. The lowest BCUT2D eigenvalue weighted by Crippen LogP contribution is -3.00. The van der Waals surface area contributed by atoms with Gasteiger partial charge in [0.1, 0.15) is 5.21 Å². The Labute approximate surface area is 89.8 Å². The van der Waals surface area contributed by atoms with Crippen LogP contribution in [0.1, 0.15) is 5.82 Å². The van der Waals surface area contributed by atoms with Crippen LogP contribution in [0, 0.1) is 6.92 Å². The molecule has 70 valence electrons. The van der Waals surface area contributed by atoms with E-state index in [0.717, 1.165) is 11.0 Å². The molecule has 0 amide bonds. The maximum atomic E-state index is 4.13. The first-order valence-corrected chi connectivity index (χ1v) is 4.35. The van der Waals surface area contributed by atoms with Gasteiger partial charge in [0.15, 0.2) is 0 Å². The Hall–Kier alpha value is -0.820. The summed E-state index contributed by atoms with van der Waals surface area (Å²) >= 11 is 1.54. The zero-order valence-electron chi connectivity index (χ0n) is 7.18. The van der Waals surface area contributed by atoms with Crippen molar-refractivity contribution in [1.82, 2.24) is 20.1 Å². The normalized spacial score (nSPS) is 9.69. The van der Waals surface area contributed by atoms with Crippen molar-refractivity contribution < 1.29 is 21.7 Å². The fourth-order valence-electron chi connectivity index (χ4n) is 0.864. The van der Waals surface area contributed by atoms with Gasteiger partial charge in [0, 0.05) is 12.3 Å². The number of aryl methyl sites for hydroxylation is 1. The molecule has 0 spiro atoms. The SMILES string of the molecule is Cc1n(C)nn[n+]1-c1nccs1.[Br-]. The maximum Gasteiger partial charge on any atom is 0.314 e. The number of rotatable bonds is 1. The van der Waals surface area contributed by atoms with Crippen LogP contribution in [0.2, 0.25) is 0 Å².